The number of pyridine rings is 1. The molecule has 0 bridgehead atoms. The van der Waals surface area contributed by atoms with Gasteiger partial charge in [0.25, 0.3) is 5.91 Å². The van der Waals surface area contributed by atoms with Gasteiger partial charge in [0.15, 0.2) is 5.65 Å². The number of aromatic nitrogens is 2. The molecule has 3 rings (SSSR count). The predicted molar refractivity (Wildman–Crippen MR) is 95.7 cm³/mol. The number of methoxy groups -OCH3 is 1. The third-order valence-electron chi connectivity index (χ3n) is 3.97. The standard InChI is InChI=1S/C18H13ClF3N3O3/c1-9-14(16(26)24-13-6-4-3-5-11(13)17(27)28-2)25-8-10(18(20,21)22)7-12(19)15(25)23-9/h3-8H,1-2H3,(H,24,26). The van der Waals surface area contributed by atoms with Crippen molar-refractivity contribution in [2.75, 3.05) is 12.4 Å². The molecule has 0 aliphatic carbocycles. The minimum absolute atomic E-state index is 0.0126. The zero-order chi connectivity index (χ0) is 20.6. The first kappa shape index (κ1) is 19.7. The second-order valence-electron chi connectivity index (χ2n) is 5.81. The number of imidazole rings is 1. The lowest BCUT2D eigenvalue weighted by Crippen LogP contribution is -2.18. The fourth-order valence-electron chi connectivity index (χ4n) is 2.71. The Hall–Kier alpha value is -3.07. The largest absolute Gasteiger partial charge is 0.465 e. The highest BCUT2D eigenvalue weighted by Gasteiger charge is 2.33. The van der Waals surface area contributed by atoms with Crippen molar-refractivity contribution in [2.24, 2.45) is 0 Å². The van der Waals surface area contributed by atoms with E-state index in [2.05, 4.69) is 15.0 Å². The van der Waals surface area contributed by atoms with Crippen LogP contribution in [0.3, 0.4) is 0 Å². The van der Waals surface area contributed by atoms with E-state index in [4.69, 9.17) is 11.6 Å². The molecule has 6 nitrogen and oxygen atoms in total. The summed E-state index contributed by atoms with van der Waals surface area (Å²) in [5, 5.41) is 2.27. The van der Waals surface area contributed by atoms with Crippen molar-refractivity contribution < 1.29 is 27.5 Å². The lowest BCUT2D eigenvalue weighted by Gasteiger charge is -2.11. The van der Waals surface area contributed by atoms with Gasteiger partial charge in [-0.05, 0) is 25.1 Å². The number of rotatable bonds is 3. The van der Waals surface area contributed by atoms with E-state index in [9.17, 15) is 22.8 Å². The maximum absolute atomic E-state index is 13.1. The van der Waals surface area contributed by atoms with Crippen molar-refractivity contribution in [3.8, 4) is 0 Å². The van der Waals surface area contributed by atoms with Gasteiger partial charge in [-0.25, -0.2) is 9.78 Å². The molecular weight excluding hydrogens is 399 g/mol. The van der Waals surface area contributed by atoms with Gasteiger partial charge < -0.3 is 10.1 Å². The summed E-state index contributed by atoms with van der Waals surface area (Å²) in [6.45, 7) is 1.47. The number of nitrogens with one attached hydrogen (secondary N) is 1. The number of ether oxygens (including phenoxy) is 1. The maximum atomic E-state index is 13.1. The zero-order valence-corrected chi connectivity index (χ0v) is 15.4. The number of anilines is 1. The van der Waals surface area contributed by atoms with E-state index in [0.717, 1.165) is 16.7 Å². The molecule has 0 aliphatic heterocycles. The lowest BCUT2D eigenvalue weighted by molar-refractivity contribution is -0.137. The summed E-state index contributed by atoms with van der Waals surface area (Å²) in [4.78, 5) is 28.7. The van der Waals surface area contributed by atoms with Crippen LogP contribution in [0.4, 0.5) is 18.9 Å². The highest BCUT2D eigenvalue weighted by Crippen LogP contribution is 2.33. The summed E-state index contributed by atoms with van der Waals surface area (Å²) < 4.78 is 45.0. The molecule has 3 aromatic rings. The van der Waals surface area contributed by atoms with Crippen LogP contribution in [-0.2, 0) is 10.9 Å². The number of nitrogens with zero attached hydrogens (tertiary/aromatic N) is 2. The van der Waals surface area contributed by atoms with Gasteiger partial charge in [0.05, 0.1) is 34.6 Å². The summed E-state index contributed by atoms with van der Waals surface area (Å²) >= 11 is 5.93. The topological polar surface area (TPSA) is 72.7 Å². The van der Waals surface area contributed by atoms with Crippen molar-refractivity contribution in [2.45, 2.75) is 13.1 Å². The Kier molecular flexibility index (Phi) is 5.03. The van der Waals surface area contributed by atoms with E-state index < -0.39 is 23.6 Å². The maximum Gasteiger partial charge on any atom is 0.417 e. The average Bonchev–Trinajstić information content (AvgIpc) is 2.97. The molecule has 10 heteroatoms. The van der Waals surface area contributed by atoms with E-state index in [1.165, 1.54) is 26.2 Å². The van der Waals surface area contributed by atoms with Crippen LogP contribution in [0.2, 0.25) is 5.02 Å². The second-order valence-corrected chi connectivity index (χ2v) is 6.21. The number of fused-ring (bicyclic) bond motifs is 1. The van der Waals surface area contributed by atoms with Gasteiger partial charge in [-0.2, -0.15) is 13.2 Å². The van der Waals surface area contributed by atoms with Gasteiger partial charge in [0.2, 0.25) is 0 Å². The first-order valence-corrected chi connectivity index (χ1v) is 8.25. The number of amides is 1. The molecule has 0 spiro atoms. The van der Waals surface area contributed by atoms with Gasteiger partial charge >= 0.3 is 12.1 Å². The molecule has 1 aromatic carbocycles. The van der Waals surface area contributed by atoms with Gasteiger partial charge in [0.1, 0.15) is 5.69 Å². The van der Waals surface area contributed by atoms with Crippen LogP contribution in [-0.4, -0.2) is 28.4 Å². The number of carbonyl (C=O) groups is 2. The fourth-order valence-corrected chi connectivity index (χ4v) is 2.96. The summed E-state index contributed by atoms with van der Waals surface area (Å²) in [5.41, 5.74) is -0.729. The molecule has 0 fully saturated rings. The van der Waals surface area contributed by atoms with Crippen LogP contribution in [0.5, 0.6) is 0 Å². The highest BCUT2D eigenvalue weighted by molar-refractivity contribution is 6.33. The first-order valence-electron chi connectivity index (χ1n) is 7.87. The smallest absolute Gasteiger partial charge is 0.417 e. The summed E-state index contributed by atoms with van der Waals surface area (Å²) in [6.07, 6.45) is -3.90. The van der Waals surface area contributed by atoms with Crippen molar-refractivity contribution in [3.05, 3.63) is 64.1 Å². The molecule has 2 heterocycles. The normalized spacial score (nSPS) is 11.5. The van der Waals surface area contributed by atoms with Crippen LogP contribution in [0.25, 0.3) is 5.65 Å². The molecule has 28 heavy (non-hydrogen) atoms. The molecule has 0 aliphatic rings. The Balaban J connectivity index is 2.09. The molecule has 0 saturated carbocycles. The molecular formula is C18H13ClF3N3O3. The molecule has 2 aromatic heterocycles. The van der Waals surface area contributed by atoms with E-state index in [1.807, 2.05) is 0 Å². The molecule has 0 unspecified atom stereocenters. The number of hydrogen-bond donors (Lipinski definition) is 1. The minimum Gasteiger partial charge on any atom is -0.465 e. The molecule has 0 radical (unpaired) electrons. The SMILES string of the molecule is COC(=O)c1ccccc1NC(=O)c1c(C)nc2c(Cl)cc(C(F)(F)F)cn12. The van der Waals surface area contributed by atoms with Crippen molar-refractivity contribution in [1.29, 1.82) is 0 Å². The van der Waals surface area contributed by atoms with Crippen LogP contribution < -0.4 is 5.32 Å². The van der Waals surface area contributed by atoms with Gasteiger partial charge in [-0.3, -0.25) is 9.20 Å². The fraction of sp³-hybridized carbons (Fsp3) is 0.167. The molecule has 0 saturated heterocycles. The van der Waals surface area contributed by atoms with Crippen LogP contribution in [0.15, 0.2) is 36.5 Å². The van der Waals surface area contributed by atoms with Crippen LogP contribution >= 0.6 is 11.6 Å². The van der Waals surface area contributed by atoms with Crippen molar-refractivity contribution >= 4 is 34.8 Å². The van der Waals surface area contributed by atoms with E-state index in [-0.39, 0.29) is 33.3 Å². The number of aryl methyl sites for hydroxylation is 1. The third kappa shape index (κ3) is 3.53. The zero-order valence-electron chi connectivity index (χ0n) is 14.6. The van der Waals surface area contributed by atoms with E-state index in [0.29, 0.717) is 0 Å². The quantitative estimate of drug-likeness (QED) is 0.650. The number of para-hydroxylation sites is 1. The van der Waals surface area contributed by atoms with Crippen LogP contribution in [0, 0.1) is 6.92 Å². The Morgan fingerprint density at radius 2 is 1.93 bits per heavy atom. The Morgan fingerprint density at radius 3 is 2.57 bits per heavy atom. The summed E-state index contributed by atoms with van der Waals surface area (Å²) in [5.74, 6) is -1.43. The molecule has 146 valence electrons. The summed E-state index contributed by atoms with van der Waals surface area (Å²) in [7, 11) is 1.19. The predicted octanol–water partition coefficient (Wildman–Crippen LogP) is 4.35. The lowest BCUT2D eigenvalue weighted by atomic mass is 10.1. The van der Waals surface area contributed by atoms with Gasteiger partial charge in [-0.1, -0.05) is 23.7 Å². The molecule has 1 N–H and O–H groups in total. The first-order chi connectivity index (χ1) is 13.1. The van der Waals surface area contributed by atoms with Gasteiger partial charge in [0, 0.05) is 6.20 Å². The number of benzene rings is 1. The highest BCUT2D eigenvalue weighted by atomic mass is 35.5. The summed E-state index contributed by atoms with van der Waals surface area (Å²) in [6, 6.07) is 6.83. The number of esters is 1. The van der Waals surface area contributed by atoms with Crippen LogP contribution in [0.1, 0.15) is 32.1 Å². The molecule has 0 atom stereocenters. The number of hydrogen-bond acceptors (Lipinski definition) is 4. The van der Waals surface area contributed by atoms with E-state index in [1.54, 1.807) is 12.1 Å². The number of carbonyl (C=O) groups excluding carboxylic acids is 2. The Morgan fingerprint density at radius 1 is 1.25 bits per heavy atom. The average molecular weight is 412 g/mol. The van der Waals surface area contributed by atoms with E-state index >= 15 is 0 Å². The Labute approximate surface area is 161 Å². The monoisotopic (exact) mass is 411 g/mol. The second kappa shape index (κ2) is 7.16. The number of alkyl halides is 3. The Bertz CT molecular complexity index is 1090. The van der Waals surface area contributed by atoms with Crippen molar-refractivity contribution in [1.82, 2.24) is 9.38 Å². The van der Waals surface area contributed by atoms with Gasteiger partial charge in [-0.15, -0.1) is 0 Å². The van der Waals surface area contributed by atoms with Crippen molar-refractivity contribution in [3.63, 3.8) is 0 Å². The third-order valence-corrected chi connectivity index (χ3v) is 4.25. The number of halogens is 4. The minimum atomic E-state index is -4.65. The molecule has 1 amide bonds.